The van der Waals surface area contributed by atoms with Crippen LogP contribution in [0.3, 0.4) is 0 Å². The Hall–Kier alpha value is -1.39. The molecule has 0 saturated heterocycles. The predicted octanol–water partition coefficient (Wildman–Crippen LogP) is 3.62. The van der Waals surface area contributed by atoms with Crippen LogP contribution >= 0.6 is 11.6 Å². The molecule has 1 aromatic heterocycles. The zero-order valence-electron chi connectivity index (χ0n) is 11.7. The Morgan fingerprint density at radius 2 is 2.25 bits per heavy atom. The third kappa shape index (κ3) is 3.02. The molecule has 1 aliphatic carbocycles. The molecule has 1 heterocycles. The summed E-state index contributed by atoms with van der Waals surface area (Å²) < 4.78 is 5.33. The number of hydrogen-bond acceptors (Lipinski definition) is 4. The fourth-order valence-corrected chi connectivity index (χ4v) is 2.55. The van der Waals surface area contributed by atoms with Crippen LogP contribution in [-0.4, -0.2) is 28.1 Å². The minimum Gasteiger partial charge on any atom is -0.338 e. The van der Waals surface area contributed by atoms with E-state index in [1.54, 1.807) is 0 Å². The number of aromatic nitrogens is 2. The maximum Gasteiger partial charge on any atom is 0.241 e. The molecule has 20 heavy (non-hydrogen) atoms. The summed E-state index contributed by atoms with van der Waals surface area (Å²) in [6, 6.07) is 8.05. The molecule has 1 atom stereocenters. The van der Waals surface area contributed by atoms with E-state index in [2.05, 4.69) is 29.0 Å². The Labute approximate surface area is 123 Å². The van der Waals surface area contributed by atoms with Gasteiger partial charge in [-0.05, 0) is 44.9 Å². The second kappa shape index (κ2) is 5.54. The van der Waals surface area contributed by atoms with Gasteiger partial charge in [-0.2, -0.15) is 4.98 Å². The van der Waals surface area contributed by atoms with Crippen LogP contribution in [0.5, 0.6) is 0 Å². The molecule has 106 valence electrons. The lowest BCUT2D eigenvalue weighted by molar-refractivity contribution is 0.197. The molecule has 3 rings (SSSR count). The number of hydrogen-bond donors (Lipinski definition) is 0. The third-order valence-corrected chi connectivity index (χ3v) is 4.17. The molecular formula is C15H18ClN3O. The van der Waals surface area contributed by atoms with Crippen LogP contribution in [0, 0.1) is 5.92 Å². The fraction of sp³-hybridized carbons (Fsp3) is 0.467. The molecule has 1 unspecified atom stereocenters. The van der Waals surface area contributed by atoms with Gasteiger partial charge in [0.05, 0.1) is 6.54 Å². The Morgan fingerprint density at radius 3 is 2.95 bits per heavy atom. The second-order valence-electron chi connectivity index (χ2n) is 5.52. The first-order chi connectivity index (χ1) is 9.63. The molecule has 0 N–H and O–H groups in total. The molecule has 5 heteroatoms. The van der Waals surface area contributed by atoms with Crippen LogP contribution in [0.2, 0.25) is 5.02 Å². The van der Waals surface area contributed by atoms with Gasteiger partial charge in [-0.1, -0.05) is 28.9 Å². The first kappa shape index (κ1) is 13.6. The molecule has 1 saturated carbocycles. The lowest BCUT2D eigenvalue weighted by Gasteiger charge is -2.22. The Kier molecular flexibility index (Phi) is 3.76. The molecule has 1 aromatic carbocycles. The molecular weight excluding hydrogens is 274 g/mol. The SMILES string of the molecule is CC(C1CC1)N(C)Cc1nc(-c2cccc(Cl)c2)no1. The van der Waals surface area contributed by atoms with Gasteiger partial charge in [0.2, 0.25) is 11.7 Å². The Balaban J connectivity index is 1.70. The van der Waals surface area contributed by atoms with E-state index in [4.69, 9.17) is 16.1 Å². The summed E-state index contributed by atoms with van der Waals surface area (Å²) in [7, 11) is 2.10. The fourth-order valence-electron chi connectivity index (χ4n) is 2.36. The van der Waals surface area contributed by atoms with Crippen molar-refractivity contribution in [2.75, 3.05) is 7.05 Å². The van der Waals surface area contributed by atoms with Gasteiger partial charge in [-0.25, -0.2) is 0 Å². The highest BCUT2D eigenvalue weighted by Gasteiger charge is 2.31. The highest BCUT2D eigenvalue weighted by atomic mass is 35.5. The van der Waals surface area contributed by atoms with Crippen molar-refractivity contribution >= 4 is 11.6 Å². The van der Waals surface area contributed by atoms with E-state index < -0.39 is 0 Å². The maximum atomic E-state index is 5.97. The topological polar surface area (TPSA) is 42.2 Å². The lowest BCUT2D eigenvalue weighted by atomic mass is 10.2. The quantitative estimate of drug-likeness (QED) is 0.844. The van der Waals surface area contributed by atoms with Crippen LogP contribution < -0.4 is 0 Å². The summed E-state index contributed by atoms with van der Waals surface area (Å²) in [5, 5.41) is 4.70. The molecule has 1 fully saturated rings. The largest absolute Gasteiger partial charge is 0.338 e. The first-order valence-corrected chi connectivity index (χ1v) is 7.30. The van der Waals surface area contributed by atoms with Gasteiger partial charge in [-0.3, -0.25) is 4.90 Å². The smallest absolute Gasteiger partial charge is 0.241 e. The van der Waals surface area contributed by atoms with Crippen LogP contribution in [-0.2, 0) is 6.54 Å². The normalized spacial score (nSPS) is 16.6. The Morgan fingerprint density at radius 1 is 1.45 bits per heavy atom. The summed E-state index contributed by atoms with van der Waals surface area (Å²) in [4.78, 5) is 6.72. The third-order valence-electron chi connectivity index (χ3n) is 3.94. The van der Waals surface area contributed by atoms with E-state index in [1.165, 1.54) is 12.8 Å². The second-order valence-corrected chi connectivity index (χ2v) is 5.95. The van der Waals surface area contributed by atoms with Gasteiger partial charge in [0.15, 0.2) is 0 Å². The van der Waals surface area contributed by atoms with Crippen molar-refractivity contribution in [1.82, 2.24) is 15.0 Å². The zero-order valence-corrected chi connectivity index (χ0v) is 12.5. The van der Waals surface area contributed by atoms with E-state index in [9.17, 15) is 0 Å². The molecule has 0 aliphatic heterocycles. The van der Waals surface area contributed by atoms with E-state index in [0.29, 0.717) is 29.3 Å². The van der Waals surface area contributed by atoms with Crippen LogP contribution in [0.4, 0.5) is 0 Å². The maximum absolute atomic E-state index is 5.97. The van der Waals surface area contributed by atoms with Crippen molar-refractivity contribution in [3.05, 3.63) is 35.2 Å². The van der Waals surface area contributed by atoms with Crippen LogP contribution in [0.25, 0.3) is 11.4 Å². The Bertz CT molecular complexity index is 594. The molecule has 0 bridgehead atoms. The average molecular weight is 292 g/mol. The van der Waals surface area contributed by atoms with Gasteiger partial charge in [0.1, 0.15) is 0 Å². The number of halogens is 1. The number of rotatable bonds is 5. The van der Waals surface area contributed by atoms with Gasteiger partial charge < -0.3 is 4.52 Å². The summed E-state index contributed by atoms with van der Waals surface area (Å²) in [5.41, 5.74) is 0.880. The van der Waals surface area contributed by atoms with Gasteiger partial charge >= 0.3 is 0 Å². The standard InChI is InChI=1S/C15H18ClN3O/c1-10(11-6-7-11)19(2)9-14-17-15(18-20-14)12-4-3-5-13(16)8-12/h3-5,8,10-11H,6-7,9H2,1-2H3. The molecule has 0 amide bonds. The van der Waals surface area contributed by atoms with E-state index >= 15 is 0 Å². The van der Waals surface area contributed by atoms with Gasteiger partial charge in [-0.15, -0.1) is 0 Å². The van der Waals surface area contributed by atoms with Crippen molar-refractivity contribution in [3.8, 4) is 11.4 Å². The van der Waals surface area contributed by atoms with Crippen LogP contribution in [0.1, 0.15) is 25.7 Å². The van der Waals surface area contributed by atoms with Gasteiger partial charge in [0.25, 0.3) is 0 Å². The molecule has 0 radical (unpaired) electrons. The number of nitrogens with zero attached hydrogens (tertiary/aromatic N) is 3. The average Bonchev–Trinajstić information content (AvgIpc) is 3.18. The first-order valence-electron chi connectivity index (χ1n) is 6.92. The lowest BCUT2D eigenvalue weighted by Crippen LogP contribution is -2.30. The zero-order chi connectivity index (χ0) is 14.1. The summed E-state index contributed by atoms with van der Waals surface area (Å²) >= 11 is 5.97. The van der Waals surface area contributed by atoms with E-state index in [0.717, 1.165) is 11.5 Å². The molecule has 0 spiro atoms. The van der Waals surface area contributed by atoms with Crippen molar-refractivity contribution in [3.63, 3.8) is 0 Å². The molecule has 2 aromatic rings. The number of benzene rings is 1. The van der Waals surface area contributed by atoms with Crippen molar-refractivity contribution in [2.45, 2.75) is 32.4 Å². The van der Waals surface area contributed by atoms with E-state index in [-0.39, 0.29) is 0 Å². The van der Waals surface area contributed by atoms with Crippen molar-refractivity contribution in [1.29, 1.82) is 0 Å². The summed E-state index contributed by atoms with van der Waals surface area (Å²) in [6.07, 6.45) is 2.67. The minimum atomic E-state index is 0.566. The monoisotopic (exact) mass is 291 g/mol. The molecule has 4 nitrogen and oxygen atoms in total. The highest BCUT2D eigenvalue weighted by molar-refractivity contribution is 6.30. The predicted molar refractivity (Wildman–Crippen MR) is 78.4 cm³/mol. The van der Waals surface area contributed by atoms with Crippen molar-refractivity contribution in [2.24, 2.45) is 5.92 Å². The highest BCUT2D eigenvalue weighted by Crippen LogP contribution is 2.35. The van der Waals surface area contributed by atoms with E-state index in [1.807, 2.05) is 24.3 Å². The molecule has 1 aliphatic rings. The minimum absolute atomic E-state index is 0.566. The van der Waals surface area contributed by atoms with Gasteiger partial charge in [0, 0.05) is 16.6 Å². The summed E-state index contributed by atoms with van der Waals surface area (Å²) in [6.45, 7) is 2.94. The van der Waals surface area contributed by atoms with Crippen LogP contribution in [0.15, 0.2) is 28.8 Å². The van der Waals surface area contributed by atoms with Crippen molar-refractivity contribution < 1.29 is 4.52 Å². The summed E-state index contributed by atoms with van der Waals surface area (Å²) in [5.74, 6) is 2.07.